The summed E-state index contributed by atoms with van der Waals surface area (Å²) in [6.07, 6.45) is 6.56. The summed E-state index contributed by atoms with van der Waals surface area (Å²) in [7, 11) is 0. The van der Waals surface area contributed by atoms with Gasteiger partial charge in [0.05, 0.1) is 0 Å². The second kappa shape index (κ2) is 7.01. The maximum absolute atomic E-state index is 4.28. The molecule has 1 N–H and O–H groups in total. The molecule has 0 saturated carbocycles. The second-order valence-electron chi connectivity index (χ2n) is 6.15. The minimum absolute atomic E-state index is 0.608. The minimum Gasteiger partial charge on any atom is -0.314 e. The zero-order valence-corrected chi connectivity index (χ0v) is 12.5. The Labute approximate surface area is 117 Å². The van der Waals surface area contributed by atoms with Gasteiger partial charge in [0.25, 0.3) is 0 Å². The SMILES string of the molecule is Cc1cncc(CN2CCC(CNC(C)C)CC2)c1. The molecule has 3 nitrogen and oxygen atoms in total. The van der Waals surface area contributed by atoms with Gasteiger partial charge in [-0.3, -0.25) is 9.88 Å². The van der Waals surface area contributed by atoms with E-state index < -0.39 is 0 Å². The van der Waals surface area contributed by atoms with Crippen molar-refractivity contribution in [2.45, 2.75) is 46.2 Å². The van der Waals surface area contributed by atoms with Crippen LogP contribution in [-0.2, 0) is 6.54 Å². The molecule has 19 heavy (non-hydrogen) atoms. The largest absolute Gasteiger partial charge is 0.314 e. The normalized spacial score (nSPS) is 18.1. The first-order valence-electron chi connectivity index (χ1n) is 7.50. The van der Waals surface area contributed by atoms with Gasteiger partial charge in [0.1, 0.15) is 0 Å². The third-order valence-electron chi connectivity index (χ3n) is 3.86. The lowest BCUT2D eigenvalue weighted by Gasteiger charge is -2.32. The van der Waals surface area contributed by atoms with Gasteiger partial charge in [-0.15, -0.1) is 0 Å². The Morgan fingerprint density at radius 1 is 1.32 bits per heavy atom. The number of rotatable bonds is 5. The van der Waals surface area contributed by atoms with E-state index in [9.17, 15) is 0 Å². The van der Waals surface area contributed by atoms with E-state index in [0.717, 1.165) is 12.5 Å². The van der Waals surface area contributed by atoms with Gasteiger partial charge < -0.3 is 5.32 Å². The highest BCUT2D eigenvalue weighted by Crippen LogP contribution is 2.18. The molecule has 1 aromatic heterocycles. The van der Waals surface area contributed by atoms with Gasteiger partial charge in [0.2, 0.25) is 0 Å². The highest BCUT2D eigenvalue weighted by atomic mass is 15.1. The maximum atomic E-state index is 4.28. The van der Waals surface area contributed by atoms with Crippen molar-refractivity contribution < 1.29 is 0 Å². The zero-order chi connectivity index (χ0) is 13.7. The first kappa shape index (κ1) is 14.5. The van der Waals surface area contributed by atoms with Crippen molar-refractivity contribution in [2.24, 2.45) is 5.92 Å². The van der Waals surface area contributed by atoms with Gasteiger partial charge in [-0.2, -0.15) is 0 Å². The maximum Gasteiger partial charge on any atom is 0.0313 e. The van der Waals surface area contributed by atoms with Gasteiger partial charge in [-0.1, -0.05) is 19.9 Å². The molecule has 1 fully saturated rings. The molecule has 3 heteroatoms. The van der Waals surface area contributed by atoms with Gasteiger partial charge in [-0.05, 0) is 56.4 Å². The Morgan fingerprint density at radius 3 is 2.68 bits per heavy atom. The Bertz CT molecular complexity index is 381. The molecule has 1 aromatic rings. The summed E-state index contributed by atoms with van der Waals surface area (Å²) >= 11 is 0. The lowest BCUT2D eigenvalue weighted by atomic mass is 9.96. The second-order valence-corrected chi connectivity index (χ2v) is 6.15. The van der Waals surface area contributed by atoms with Crippen molar-refractivity contribution in [3.05, 3.63) is 29.6 Å². The average Bonchev–Trinajstić information content (AvgIpc) is 2.38. The Hall–Kier alpha value is -0.930. The molecule has 1 saturated heterocycles. The summed E-state index contributed by atoms with van der Waals surface area (Å²) < 4.78 is 0. The van der Waals surface area contributed by atoms with E-state index in [-0.39, 0.29) is 0 Å². The van der Waals surface area contributed by atoms with Crippen LogP contribution < -0.4 is 5.32 Å². The number of likely N-dealkylation sites (tertiary alicyclic amines) is 1. The number of hydrogen-bond donors (Lipinski definition) is 1. The van der Waals surface area contributed by atoms with Crippen LogP contribution in [0, 0.1) is 12.8 Å². The third kappa shape index (κ3) is 4.92. The van der Waals surface area contributed by atoms with Crippen LogP contribution in [0.15, 0.2) is 18.5 Å². The molecule has 0 aromatic carbocycles. The highest BCUT2D eigenvalue weighted by molar-refractivity contribution is 5.16. The molecule has 0 spiro atoms. The lowest BCUT2D eigenvalue weighted by molar-refractivity contribution is 0.174. The summed E-state index contributed by atoms with van der Waals surface area (Å²) in [5, 5.41) is 3.56. The quantitative estimate of drug-likeness (QED) is 0.883. The van der Waals surface area contributed by atoms with Gasteiger partial charge in [-0.25, -0.2) is 0 Å². The van der Waals surface area contributed by atoms with E-state index in [1.54, 1.807) is 0 Å². The van der Waals surface area contributed by atoms with Crippen molar-refractivity contribution >= 4 is 0 Å². The van der Waals surface area contributed by atoms with Crippen LogP contribution in [0.2, 0.25) is 0 Å². The molecular weight excluding hydrogens is 234 g/mol. The van der Waals surface area contributed by atoms with Crippen molar-refractivity contribution in [3.8, 4) is 0 Å². The van der Waals surface area contributed by atoms with Crippen LogP contribution in [-0.4, -0.2) is 35.6 Å². The van der Waals surface area contributed by atoms with Crippen LogP contribution in [0.4, 0.5) is 0 Å². The monoisotopic (exact) mass is 261 g/mol. The molecule has 2 heterocycles. The van der Waals surface area contributed by atoms with E-state index in [2.05, 4.69) is 42.0 Å². The number of piperidine rings is 1. The van der Waals surface area contributed by atoms with Gasteiger partial charge in [0.15, 0.2) is 0 Å². The fourth-order valence-electron chi connectivity index (χ4n) is 2.71. The number of hydrogen-bond acceptors (Lipinski definition) is 3. The first-order chi connectivity index (χ1) is 9.13. The van der Waals surface area contributed by atoms with Crippen LogP contribution >= 0.6 is 0 Å². The first-order valence-corrected chi connectivity index (χ1v) is 7.50. The molecule has 1 aliphatic heterocycles. The Morgan fingerprint density at radius 2 is 2.05 bits per heavy atom. The number of nitrogens with one attached hydrogen (secondary N) is 1. The summed E-state index contributed by atoms with van der Waals surface area (Å²) in [5.41, 5.74) is 2.60. The molecule has 106 valence electrons. The zero-order valence-electron chi connectivity index (χ0n) is 12.5. The van der Waals surface area contributed by atoms with E-state index >= 15 is 0 Å². The number of aryl methyl sites for hydroxylation is 1. The topological polar surface area (TPSA) is 28.2 Å². The van der Waals surface area contributed by atoms with Crippen molar-refractivity contribution in [1.29, 1.82) is 0 Å². The Balaban J connectivity index is 1.74. The van der Waals surface area contributed by atoms with Crippen LogP contribution in [0.5, 0.6) is 0 Å². The van der Waals surface area contributed by atoms with E-state index in [4.69, 9.17) is 0 Å². The van der Waals surface area contributed by atoms with Crippen molar-refractivity contribution in [1.82, 2.24) is 15.2 Å². The van der Waals surface area contributed by atoms with E-state index in [1.807, 2.05) is 12.4 Å². The number of pyridine rings is 1. The van der Waals surface area contributed by atoms with Crippen LogP contribution in [0.3, 0.4) is 0 Å². The molecule has 0 atom stereocenters. The fourth-order valence-corrected chi connectivity index (χ4v) is 2.71. The summed E-state index contributed by atoms with van der Waals surface area (Å²) in [5.74, 6) is 0.856. The van der Waals surface area contributed by atoms with Crippen LogP contribution in [0.1, 0.15) is 37.8 Å². The highest BCUT2D eigenvalue weighted by Gasteiger charge is 2.19. The molecule has 0 unspecified atom stereocenters. The predicted molar refractivity (Wildman–Crippen MR) is 80.1 cm³/mol. The van der Waals surface area contributed by atoms with Gasteiger partial charge >= 0.3 is 0 Å². The molecule has 2 rings (SSSR count). The molecule has 0 amide bonds. The smallest absolute Gasteiger partial charge is 0.0313 e. The van der Waals surface area contributed by atoms with E-state index in [0.29, 0.717) is 6.04 Å². The lowest BCUT2D eigenvalue weighted by Crippen LogP contribution is -2.38. The molecule has 0 bridgehead atoms. The van der Waals surface area contributed by atoms with Crippen molar-refractivity contribution in [2.75, 3.05) is 19.6 Å². The standard InChI is InChI=1S/C16H27N3/c1-13(2)18-11-15-4-6-19(7-5-15)12-16-8-14(3)9-17-10-16/h8-10,13,15,18H,4-7,11-12H2,1-3H3. The molecular formula is C16H27N3. The van der Waals surface area contributed by atoms with Gasteiger partial charge in [0, 0.05) is 25.0 Å². The van der Waals surface area contributed by atoms with Crippen molar-refractivity contribution in [3.63, 3.8) is 0 Å². The number of nitrogens with zero attached hydrogens (tertiary/aromatic N) is 2. The van der Waals surface area contributed by atoms with Crippen LogP contribution in [0.25, 0.3) is 0 Å². The summed E-state index contributed by atoms with van der Waals surface area (Å²) in [4.78, 5) is 6.83. The number of aromatic nitrogens is 1. The predicted octanol–water partition coefficient (Wildman–Crippen LogP) is 2.60. The summed E-state index contributed by atoms with van der Waals surface area (Å²) in [6.45, 7) is 11.2. The Kier molecular flexibility index (Phi) is 5.34. The average molecular weight is 261 g/mol. The molecule has 1 aliphatic rings. The fraction of sp³-hybridized carbons (Fsp3) is 0.688. The van der Waals surface area contributed by atoms with E-state index in [1.165, 1.54) is 43.6 Å². The molecule has 0 aliphatic carbocycles. The minimum atomic E-state index is 0.608. The molecule has 0 radical (unpaired) electrons. The third-order valence-corrected chi connectivity index (χ3v) is 3.86. The summed E-state index contributed by atoms with van der Waals surface area (Å²) in [6, 6.07) is 2.86.